The van der Waals surface area contributed by atoms with Gasteiger partial charge in [-0.25, -0.2) is 4.98 Å². The van der Waals surface area contributed by atoms with Crippen LogP contribution in [-0.4, -0.2) is 22.5 Å². The average Bonchev–Trinajstić information content (AvgIpc) is 2.77. The number of rotatable bonds is 4. The lowest BCUT2D eigenvalue weighted by Gasteiger charge is -2.05. The first-order valence-electron chi connectivity index (χ1n) is 4.76. The van der Waals surface area contributed by atoms with Gasteiger partial charge in [0.1, 0.15) is 10.6 Å². The van der Waals surface area contributed by atoms with E-state index < -0.39 is 12.5 Å². The van der Waals surface area contributed by atoms with Crippen molar-refractivity contribution in [2.24, 2.45) is 0 Å². The Kier molecular flexibility index (Phi) is 3.78. The molecule has 0 unspecified atom stereocenters. The van der Waals surface area contributed by atoms with Crippen LogP contribution in [0, 0.1) is 0 Å². The summed E-state index contributed by atoms with van der Waals surface area (Å²) in [5, 5.41) is 3.92. The lowest BCUT2D eigenvalue weighted by Crippen LogP contribution is -2.13. The highest BCUT2D eigenvalue weighted by atomic mass is 32.1. The summed E-state index contributed by atoms with van der Waals surface area (Å²) >= 11 is 1.00. The van der Waals surface area contributed by atoms with Crippen LogP contribution in [-0.2, 0) is 0 Å². The van der Waals surface area contributed by atoms with Crippen molar-refractivity contribution < 1.29 is 18.3 Å². The molecule has 2 rings (SSSR count). The highest BCUT2D eigenvalue weighted by molar-refractivity contribution is 7.12. The Labute approximate surface area is 104 Å². The number of aromatic nitrogens is 2. The molecule has 0 bridgehead atoms. The van der Waals surface area contributed by atoms with Crippen molar-refractivity contribution in [1.82, 2.24) is 9.97 Å². The third kappa shape index (κ3) is 2.98. The van der Waals surface area contributed by atoms with Crippen LogP contribution in [0.4, 0.5) is 14.6 Å². The molecule has 0 saturated carbocycles. The van der Waals surface area contributed by atoms with E-state index in [0.717, 1.165) is 11.3 Å². The number of alkyl halides is 2. The normalized spacial score (nSPS) is 10.4. The number of nitrogens with one attached hydrogen (secondary N) is 1. The van der Waals surface area contributed by atoms with E-state index in [1.54, 1.807) is 0 Å². The molecule has 0 fully saturated rings. The fourth-order valence-electron chi connectivity index (χ4n) is 1.19. The summed E-state index contributed by atoms with van der Waals surface area (Å²) in [4.78, 5) is 19.4. The van der Waals surface area contributed by atoms with E-state index >= 15 is 0 Å². The van der Waals surface area contributed by atoms with Gasteiger partial charge in [0.2, 0.25) is 0 Å². The lowest BCUT2D eigenvalue weighted by atomic mass is 10.4. The smallest absolute Gasteiger partial charge is 0.387 e. The van der Waals surface area contributed by atoms with Crippen LogP contribution in [0.5, 0.6) is 5.75 Å². The number of halogens is 2. The minimum absolute atomic E-state index is 0.0564. The Morgan fingerprint density at radius 1 is 1.44 bits per heavy atom. The number of carbonyl (C=O) groups is 1. The molecule has 2 aromatic heterocycles. The largest absolute Gasteiger partial charge is 0.433 e. The minimum atomic E-state index is -2.97. The van der Waals surface area contributed by atoms with Gasteiger partial charge in [0, 0.05) is 12.4 Å². The van der Waals surface area contributed by atoms with E-state index in [4.69, 9.17) is 0 Å². The molecule has 8 heteroatoms. The quantitative estimate of drug-likeness (QED) is 0.927. The summed E-state index contributed by atoms with van der Waals surface area (Å²) < 4.78 is 28.4. The Morgan fingerprint density at radius 2 is 2.28 bits per heavy atom. The molecule has 2 aromatic rings. The van der Waals surface area contributed by atoms with Crippen LogP contribution in [0.1, 0.15) is 9.67 Å². The van der Waals surface area contributed by atoms with E-state index in [-0.39, 0.29) is 16.4 Å². The molecule has 0 spiro atoms. The molecule has 1 N–H and O–H groups in total. The topological polar surface area (TPSA) is 64.1 Å². The van der Waals surface area contributed by atoms with E-state index in [0.29, 0.717) is 0 Å². The zero-order chi connectivity index (χ0) is 13.0. The first-order chi connectivity index (χ1) is 8.66. The highest BCUT2D eigenvalue weighted by Crippen LogP contribution is 2.26. The summed E-state index contributed by atoms with van der Waals surface area (Å²) in [6.07, 6.45) is 4.20. The number of carbonyl (C=O) groups excluding carboxylic acids is 1. The van der Waals surface area contributed by atoms with Crippen LogP contribution < -0.4 is 10.1 Å². The Balaban J connectivity index is 2.12. The monoisotopic (exact) mass is 271 g/mol. The number of thiophene rings is 1. The standard InChI is InChI=1S/C10H7F2N3O2S/c11-10(12)17-6-1-4-18-8(6)9(16)15-7-5-13-2-3-14-7/h1-5,10H,(H,14,15,16). The lowest BCUT2D eigenvalue weighted by molar-refractivity contribution is -0.0498. The molecule has 0 aliphatic rings. The van der Waals surface area contributed by atoms with Gasteiger partial charge in [0.25, 0.3) is 5.91 Å². The summed E-state index contributed by atoms with van der Waals surface area (Å²) in [6, 6.07) is 1.31. The molecule has 18 heavy (non-hydrogen) atoms. The average molecular weight is 271 g/mol. The predicted octanol–water partition coefficient (Wildman–Crippen LogP) is 2.39. The second kappa shape index (κ2) is 5.50. The van der Waals surface area contributed by atoms with E-state index in [1.165, 1.54) is 30.0 Å². The fraction of sp³-hybridized carbons (Fsp3) is 0.100. The minimum Gasteiger partial charge on any atom is -0.433 e. The van der Waals surface area contributed by atoms with Crippen LogP contribution >= 0.6 is 11.3 Å². The van der Waals surface area contributed by atoms with Crippen molar-refractivity contribution in [3.63, 3.8) is 0 Å². The summed E-state index contributed by atoms with van der Waals surface area (Å²) in [5.41, 5.74) is 0. The third-order valence-corrected chi connectivity index (χ3v) is 2.75. The SMILES string of the molecule is O=C(Nc1cnccn1)c1sccc1OC(F)F. The van der Waals surface area contributed by atoms with E-state index in [2.05, 4.69) is 20.0 Å². The van der Waals surface area contributed by atoms with Crippen LogP contribution in [0.2, 0.25) is 0 Å². The number of anilines is 1. The molecule has 0 radical (unpaired) electrons. The highest BCUT2D eigenvalue weighted by Gasteiger charge is 2.17. The summed E-state index contributed by atoms with van der Waals surface area (Å²) in [5.74, 6) is -0.489. The van der Waals surface area contributed by atoms with Crippen molar-refractivity contribution in [3.05, 3.63) is 34.9 Å². The first-order valence-corrected chi connectivity index (χ1v) is 5.64. The zero-order valence-corrected chi connectivity index (χ0v) is 9.66. The van der Waals surface area contributed by atoms with Crippen molar-refractivity contribution >= 4 is 23.1 Å². The van der Waals surface area contributed by atoms with Gasteiger partial charge in [-0.15, -0.1) is 11.3 Å². The molecule has 0 aliphatic carbocycles. The maximum atomic E-state index is 12.1. The maximum Gasteiger partial charge on any atom is 0.387 e. The molecule has 0 atom stereocenters. The Hall–Kier alpha value is -2.09. The number of ether oxygens (including phenoxy) is 1. The molecule has 5 nitrogen and oxygen atoms in total. The second-order valence-corrected chi connectivity index (χ2v) is 3.95. The van der Waals surface area contributed by atoms with Gasteiger partial charge in [-0.05, 0) is 11.4 Å². The fourth-order valence-corrected chi connectivity index (χ4v) is 1.91. The van der Waals surface area contributed by atoms with E-state index in [9.17, 15) is 13.6 Å². The van der Waals surface area contributed by atoms with Crippen LogP contribution in [0.25, 0.3) is 0 Å². The molecule has 0 aromatic carbocycles. The van der Waals surface area contributed by atoms with Crippen LogP contribution in [0.3, 0.4) is 0 Å². The number of nitrogens with zero attached hydrogens (tertiary/aromatic N) is 2. The molecule has 1 amide bonds. The van der Waals surface area contributed by atoms with Crippen molar-refractivity contribution in [1.29, 1.82) is 0 Å². The molecule has 2 heterocycles. The van der Waals surface area contributed by atoms with Crippen molar-refractivity contribution in [2.45, 2.75) is 6.61 Å². The number of hydrogen-bond acceptors (Lipinski definition) is 5. The first kappa shape index (κ1) is 12.4. The molecular formula is C10H7F2N3O2S. The van der Waals surface area contributed by atoms with Gasteiger partial charge in [-0.2, -0.15) is 8.78 Å². The predicted molar refractivity (Wildman–Crippen MR) is 60.9 cm³/mol. The molecule has 0 saturated heterocycles. The number of hydrogen-bond donors (Lipinski definition) is 1. The van der Waals surface area contributed by atoms with E-state index in [1.807, 2.05) is 0 Å². The van der Waals surface area contributed by atoms with Gasteiger partial charge in [0.15, 0.2) is 5.82 Å². The summed E-state index contributed by atoms with van der Waals surface area (Å²) in [6.45, 7) is -2.97. The second-order valence-electron chi connectivity index (χ2n) is 3.04. The van der Waals surface area contributed by atoms with Gasteiger partial charge >= 0.3 is 6.61 Å². The van der Waals surface area contributed by atoms with Gasteiger partial charge < -0.3 is 10.1 Å². The maximum absolute atomic E-state index is 12.1. The molecule has 94 valence electrons. The zero-order valence-electron chi connectivity index (χ0n) is 8.84. The third-order valence-electron chi connectivity index (χ3n) is 1.86. The summed E-state index contributed by atoms with van der Waals surface area (Å²) in [7, 11) is 0. The van der Waals surface area contributed by atoms with Crippen LogP contribution in [0.15, 0.2) is 30.0 Å². The van der Waals surface area contributed by atoms with Crippen molar-refractivity contribution in [2.75, 3.05) is 5.32 Å². The van der Waals surface area contributed by atoms with Gasteiger partial charge in [0.05, 0.1) is 6.20 Å². The van der Waals surface area contributed by atoms with Crippen molar-refractivity contribution in [3.8, 4) is 5.75 Å². The molecule has 0 aliphatic heterocycles. The van der Waals surface area contributed by atoms with Gasteiger partial charge in [-0.3, -0.25) is 9.78 Å². The molecular weight excluding hydrogens is 264 g/mol. The van der Waals surface area contributed by atoms with Gasteiger partial charge in [-0.1, -0.05) is 0 Å². The Morgan fingerprint density at radius 3 is 2.94 bits per heavy atom. The Bertz CT molecular complexity index is 533. The number of amides is 1.